The van der Waals surface area contributed by atoms with Gasteiger partial charge in [-0.3, -0.25) is 5.32 Å². The van der Waals surface area contributed by atoms with Crippen LogP contribution in [0.5, 0.6) is 0 Å². The molecule has 0 radical (unpaired) electrons. The van der Waals surface area contributed by atoms with Gasteiger partial charge in [0.05, 0.1) is 11.4 Å². The Morgan fingerprint density at radius 2 is 2.17 bits per heavy atom. The van der Waals surface area contributed by atoms with Crippen LogP contribution in [-0.4, -0.2) is 18.2 Å². The van der Waals surface area contributed by atoms with Gasteiger partial charge in [0.1, 0.15) is 5.60 Å². The maximum absolute atomic E-state index is 11.7. The molecular weight excluding hydrogens is 252 g/mol. The van der Waals surface area contributed by atoms with Crippen LogP contribution < -0.4 is 10.6 Å². The van der Waals surface area contributed by atoms with E-state index in [-0.39, 0.29) is 0 Å². The van der Waals surface area contributed by atoms with Gasteiger partial charge in [0.25, 0.3) is 0 Å². The van der Waals surface area contributed by atoms with Gasteiger partial charge in [-0.05, 0) is 44.9 Å². The van der Waals surface area contributed by atoms with Crippen molar-refractivity contribution in [3.63, 3.8) is 0 Å². The van der Waals surface area contributed by atoms with Gasteiger partial charge in [-0.2, -0.15) is 0 Å². The van der Waals surface area contributed by atoms with Crippen molar-refractivity contribution in [1.82, 2.24) is 0 Å². The van der Waals surface area contributed by atoms with Gasteiger partial charge in [-0.1, -0.05) is 11.6 Å². The Kier molecular flexibility index (Phi) is 3.39. The van der Waals surface area contributed by atoms with Crippen LogP contribution in [-0.2, 0) is 11.2 Å². The lowest BCUT2D eigenvalue weighted by Crippen LogP contribution is -2.27. The number of hydrogen-bond acceptors (Lipinski definition) is 3. The van der Waals surface area contributed by atoms with Crippen LogP contribution in [0.1, 0.15) is 26.3 Å². The summed E-state index contributed by atoms with van der Waals surface area (Å²) in [5.41, 5.74) is 2.21. The molecule has 0 saturated heterocycles. The first-order valence-corrected chi connectivity index (χ1v) is 6.29. The molecule has 0 saturated carbocycles. The molecule has 0 atom stereocenters. The molecule has 1 amide bonds. The summed E-state index contributed by atoms with van der Waals surface area (Å²) in [5.74, 6) is 0. The van der Waals surface area contributed by atoms with Crippen molar-refractivity contribution in [2.75, 3.05) is 17.2 Å². The van der Waals surface area contributed by atoms with E-state index in [1.165, 1.54) is 0 Å². The molecule has 1 aliphatic heterocycles. The predicted molar refractivity (Wildman–Crippen MR) is 73.5 cm³/mol. The van der Waals surface area contributed by atoms with Crippen LogP contribution in [0.15, 0.2) is 12.1 Å². The third kappa shape index (κ3) is 3.07. The Hall–Kier alpha value is -1.42. The summed E-state index contributed by atoms with van der Waals surface area (Å²) in [6, 6.07) is 3.64. The second-order valence-corrected chi connectivity index (χ2v) is 5.73. The number of rotatable bonds is 1. The van der Waals surface area contributed by atoms with Gasteiger partial charge >= 0.3 is 6.09 Å². The highest BCUT2D eigenvalue weighted by molar-refractivity contribution is 6.31. The predicted octanol–water partition coefficient (Wildman–Crippen LogP) is 3.66. The van der Waals surface area contributed by atoms with Gasteiger partial charge in [-0.25, -0.2) is 4.79 Å². The van der Waals surface area contributed by atoms with Crippen molar-refractivity contribution in [3.05, 3.63) is 22.7 Å². The minimum absolute atomic E-state index is 0.472. The molecule has 2 rings (SSSR count). The average molecular weight is 269 g/mol. The molecule has 0 aromatic heterocycles. The normalized spacial score (nSPS) is 13.8. The molecule has 0 aliphatic carbocycles. The van der Waals surface area contributed by atoms with Gasteiger partial charge in [-0.15, -0.1) is 0 Å². The highest BCUT2D eigenvalue weighted by atomic mass is 35.5. The fourth-order valence-electron chi connectivity index (χ4n) is 1.90. The van der Waals surface area contributed by atoms with E-state index in [2.05, 4.69) is 10.6 Å². The Morgan fingerprint density at radius 3 is 2.83 bits per heavy atom. The SMILES string of the molecule is CC(C)(C)OC(=O)Nc1cc(Cl)cc2c1NCC2. The van der Waals surface area contributed by atoms with Crippen molar-refractivity contribution in [2.24, 2.45) is 0 Å². The summed E-state index contributed by atoms with van der Waals surface area (Å²) in [4.78, 5) is 11.7. The topological polar surface area (TPSA) is 50.4 Å². The van der Waals surface area contributed by atoms with E-state index in [1.54, 1.807) is 6.07 Å². The van der Waals surface area contributed by atoms with Crippen molar-refractivity contribution in [1.29, 1.82) is 0 Å². The third-order valence-corrected chi connectivity index (χ3v) is 2.73. The van der Waals surface area contributed by atoms with Gasteiger partial charge in [0.15, 0.2) is 0 Å². The van der Waals surface area contributed by atoms with Gasteiger partial charge < -0.3 is 10.1 Å². The number of nitrogens with one attached hydrogen (secondary N) is 2. The standard InChI is InChI=1S/C13H17ClN2O2/c1-13(2,3)18-12(17)16-10-7-9(14)6-8-4-5-15-11(8)10/h6-7,15H,4-5H2,1-3H3,(H,16,17). The minimum atomic E-state index is -0.515. The number of amides is 1. The van der Waals surface area contributed by atoms with Crippen LogP contribution in [0.25, 0.3) is 0 Å². The molecule has 1 heterocycles. The largest absolute Gasteiger partial charge is 0.444 e. The molecule has 0 bridgehead atoms. The zero-order chi connectivity index (χ0) is 13.3. The zero-order valence-electron chi connectivity index (χ0n) is 10.8. The van der Waals surface area contributed by atoms with Gasteiger partial charge in [0, 0.05) is 11.6 Å². The van der Waals surface area contributed by atoms with Crippen molar-refractivity contribution in [3.8, 4) is 0 Å². The zero-order valence-corrected chi connectivity index (χ0v) is 11.5. The second-order valence-electron chi connectivity index (χ2n) is 5.29. The van der Waals surface area contributed by atoms with Crippen LogP contribution in [0.4, 0.5) is 16.2 Å². The average Bonchev–Trinajstić information content (AvgIpc) is 2.61. The van der Waals surface area contributed by atoms with E-state index in [9.17, 15) is 4.79 Å². The van der Waals surface area contributed by atoms with Gasteiger partial charge in [0.2, 0.25) is 0 Å². The number of carbonyl (C=O) groups is 1. The minimum Gasteiger partial charge on any atom is -0.444 e. The molecule has 98 valence electrons. The monoisotopic (exact) mass is 268 g/mol. The summed E-state index contributed by atoms with van der Waals surface area (Å²) in [6.07, 6.45) is 0.444. The number of anilines is 2. The van der Waals surface area contributed by atoms with Crippen LogP contribution in [0, 0.1) is 0 Å². The number of halogens is 1. The van der Waals surface area contributed by atoms with E-state index in [0.29, 0.717) is 10.7 Å². The smallest absolute Gasteiger partial charge is 0.412 e. The Balaban J connectivity index is 2.17. The Morgan fingerprint density at radius 1 is 1.44 bits per heavy atom. The fraction of sp³-hybridized carbons (Fsp3) is 0.462. The van der Waals surface area contributed by atoms with Crippen LogP contribution >= 0.6 is 11.6 Å². The molecule has 0 unspecified atom stereocenters. The maximum Gasteiger partial charge on any atom is 0.412 e. The lowest BCUT2D eigenvalue weighted by molar-refractivity contribution is 0.0636. The number of benzene rings is 1. The second kappa shape index (κ2) is 4.69. The van der Waals surface area contributed by atoms with Crippen LogP contribution in [0.3, 0.4) is 0 Å². The first-order chi connectivity index (χ1) is 8.35. The molecule has 0 fully saturated rings. The van der Waals surface area contributed by atoms with E-state index >= 15 is 0 Å². The van der Waals surface area contributed by atoms with E-state index in [0.717, 1.165) is 24.2 Å². The van der Waals surface area contributed by atoms with Crippen molar-refractivity contribution >= 4 is 29.1 Å². The van der Waals surface area contributed by atoms with Crippen LogP contribution in [0.2, 0.25) is 5.02 Å². The quantitative estimate of drug-likeness (QED) is 0.817. The molecule has 1 aromatic rings. The van der Waals surface area contributed by atoms with E-state index in [4.69, 9.17) is 16.3 Å². The summed E-state index contributed by atoms with van der Waals surface area (Å²) < 4.78 is 5.22. The summed E-state index contributed by atoms with van der Waals surface area (Å²) in [6.45, 7) is 6.34. The molecule has 1 aromatic carbocycles. The van der Waals surface area contributed by atoms with Crippen molar-refractivity contribution in [2.45, 2.75) is 32.8 Å². The van der Waals surface area contributed by atoms with E-state index < -0.39 is 11.7 Å². The summed E-state index contributed by atoms with van der Waals surface area (Å²) >= 11 is 6.03. The number of hydrogen-bond donors (Lipinski definition) is 2. The third-order valence-electron chi connectivity index (χ3n) is 2.52. The summed E-state index contributed by atoms with van der Waals surface area (Å²) in [5, 5.41) is 6.58. The highest BCUT2D eigenvalue weighted by Gasteiger charge is 2.20. The lowest BCUT2D eigenvalue weighted by atomic mass is 10.1. The molecule has 1 aliphatic rings. The van der Waals surface area contributed by atoms with Crippen molar-refractivity contribution < 1.29 is 9.53 Å². The molecular formula is C13H17ClN2O2. The molecule has 4 nitrogen and oxygen atoms in total. The number of ether oxygens (including phenoxy) is 1. The highest BCUT2D eigenvalue weighted by Crippen LogP contribution is 2.34. The molecule has 18 heavy (non-hydrogen) atoms. The Labute approximate surface area is 112 Å². The lowest BCUT2D eigenvalue weighted by Gasteiger charge is -2.20. The first kappa shape index (κ1) is 13.0. The maximum atomic E-state index is 11.7. The number of carbonyl (C=O) groups excluding carboxylic acids is 1. The Bertz CT molecular complexity index is 481. The molecule has 5 heteroatoms. The first-order valence-electron chi connectivity index (χ1n) is 5.91. The fourth-order valence-corrected chi connectivity index (χ4v) is 2.14. The molecule has 2 N–H and O–H groups in total. The summed E-state index contributed by atoms with van der Waals surface area (Å²) in [7, 11) is 0. The van der Waals surface area contributed by atoms with E-state index in [1.807, 2.05) is 26.8 Å². The number of fused-ring (bicyclic) bond motifs is 1. The molecule has 0 spiro atoms.